The monoisotopic (exact) mass is 281 g/mol. The molecular weight excluding hydrogens is 262 g/mol. The van der Waals surface area contributed by atoms with Gasteiger partial charge in [-0.1, -0.05) is 6.92 Å². The summed E-state index contributed by atoms with van der Waals surface area (Å²) in [5.74, 6) is 1.23. The lowest BCUT2D eigenvalue weighted by Gasteiger charge is -2.24. The molecule has 17 heavy (non-hydrogen) atoms. The first kappa shape index (κ1) is 16.5. The van der Waals surface area contributed by atoms with E-state index in [0.717, 1.165) is 0 Å². The van der Waals surface area contributed by atoms with E-state index >= 15 is 0 Å². The van der Waals surface area contributed by atoms with Gasteiger partial charge in [-0.25, -0.2) is 0 Å². The van der Waals surface area contributed by atoms with Gasteiger partial charge in [0.25, 0.3) is 0 Å². The van der Waals surface area contributed by atoms with E-state index in [0.29, 0.717) is 24.6 Å². The first-order valence-corrected chi connectivity index (χ1v) is 6.63. The van der Waals surface area contributed by atoms with Crippen molar-refractivity contribution in [1.29, 1.82) is 0 Å². The van der Waals surface area contributed by atoms with Gasteiger partial charge in [0.05, 0.1) is 5.88 Å². The van der Waals surface area contributed by atoms with Gasteiger partial charge in [-0.15, -0.1) is 24.2 Å². The average Bonchev–Trinajstić information content (AvgIpc) is 2.76. The number of hydrogen-bond acceptors (Lipinski definition) is 4. The number of nitrogens with one attached hydrogen (secondary N) is 1. The molecule has 0 spiro atoms. The van der Waals surface area contributed by atoms with Crippen LogP contribution in [0.4, 0.5) is 0 Å². The number of carbonyl (C=O) groups is 2. The highest BCUT2D eigenvalue weighted by Crippen LogP contribution is 2.21. The number of hydrogen-bond donors (Lipinski definition) is 2. The summed E-state index contributed by atoms with van der Waals surface area (Å²) < 4.78 is 0. The minimum absolute atomic E-state index is 0. The number of nitrogens with zero attached hydrogens (tertiary/aromatic N) is 1. The van der Waals surface area contributed by atoms with Gasteiger partial charge in [0.15, 0.2) is 0 Å². The molecule has 2 atom stereocenters. The zero-order valence-corrected chi connectivity index (χ0v) is 11.8. The van der Waals surface area contributed by atoms with Gasteiger partial charge in [0.2, 0.25) is 11.8 Å². The maximum atomic E-state index is 11.9. The standard InChI is InChI=1S/C10H19N3O2S.ClH/c1-3-9(14)13-6-16-5-8(13)10(15)12-7(2)4-11;/h7-8H,3-6,11H2,1-2H3,(H,12,15);1H/t7-,8?;/m0./s1. The Labute approximate surface area is 112 Å². The molecule has 1 heterocycles. The maximum Gasteiger partial charge on any atom is 0.243 e. The van der Waals surface area contributed by atoms with Crippen LogP contribution in [0.5, 0.6) is 0 Å². The van der Waals surface area contributed by atoms with Gasteiger partial charge >= 0.3 is 0 Å². The molecule has 1 fully saturated rings. The molecule has 1 aliphatic rings. The molecule has 0 aromatic heterocycles. The predicted molar refractivity (Wildman–Crippen MR) is 72.2 cm³/mol. The van der Waals surface area contributed by atoms with E-state index in [2.05, 4.69) is 5.32 Å². The Morgan fingerprint density at radius 1 is 1.59 bits per heavy atom. The predicted octanol–water partition coefficient (Wildman–Crippen LogP) is 0.183. The van der Waals surface area contributed by atoms with Gasteiger partial charge < -0.3 is 16.0 Å². The van der Waals surface area contributed by atoms with Crippen molar-refractivity contribution in [2.75, 3.05) is 18.2 Å². The van der Waals surface area contributed by atoms with Crippen molar-refractivity contribution in [3.63, 3.8) is 0 Å². The second-order valence-electron chi connectivity index (χ2n) is 3.88. The van der Waals surface area contributed by atoms with Gasteiger partial charge in [-0.2, -0.15) is 0 Å². The van der Waals surface area contributed by atoms with Crippen LogP contribution in [0.2, 0.25) is 0 Å². The zero-order valence-electron chi connectivity index (χ0n) is 10.1. The highest BCUT2D eigenvalue weighted by Gasteiger charge is 2.33. The normalized spacial score (nSPS) is 20.6. The average molecular weight is 282 g/mol. The topological polar surface area (TPSA) is 75.4 Å². The molecular formula is C10H20ClN3O2S. The summed E-state index contributed by atoms with van der Waals surface area (Å²) in [5.41, 5.74) is 5.44. The molecule has 0 bridgehead atoms. The van der Waals surface area contributed by atoms with Crippen LogP contribution in [0, 0.1) is 0 Å². The van der Waals surface area contributed by atoms with Crippen LogP contribution in [0.15, 0.2) is 0 Å². The highest BCUT2D eigenvalue weighted by molar-refractivity contribution is 7.99. The molecule has 0 saturated carbocycles. The fourth-order valence-corrected chi connectivity index (χ4v) is 2.69. The lowest BCUT2D eigenvalue weighted by molar-refractivity contribution is -0.138. The Hall–Kier alpha value is -0.460. The molecule has 1 unspecified atom stereocenters. The largest absolute Gasteiger partial charge is 0.351 e. The number of halogens is 1. The van der Waals surface area contributed by atoms with Gasteiger partial charge in [-0.3, -0.25) is 9.59 Å². The fraction of sp³-hybridized carbons (Fsp3) is 0.800. The van der Waals surface area contributed by atoms with Crippen molar-refractivity contribution in [2.45, 2.75) is 32.4 Å². The van der Waals surface area contributed by atoms with Crippen LogP contribution in [0.1, 0.15) is 20.3 Å². The first-order chi connectivity index (χ1) is 7.60. The second-order valence-corrected chi connectivity index (χ2v) is 4.88. The van der Waals surface area contributed by atoms with Crippen molar-refractivity contribution in [2.24, 2.45) is 5.73 Å². The van der Waals surface area contributed by atoms with E-state index in [4.69, 9.17) is 5.73 Å². The van der Waals surface area contributed by atoms with Gasteiger partial charge in [0, 0.05) is 24.8 Å². The summed E-state index contributed by atoms with van der Waals surface area (Å²) in [4.78, 5) is 25.1. The Morgan fingerprint density at radius 3 is 2.76 bits per heavy atom. The van der Waals surface area contributed by atoms with Crippen LogP contribution in [0.25, 0.3) is 0 Å². The minimum atomic E-state index is -0.327. The second kappa shape index (κ2) is 7.79. The molecule has 100 valence electrons. The lowest BCUT2D eigenvalue weighted by atomic mass is 10.2. The SMILES string of the molecule is CCC(=O)N1CSCC1C(=O)N[C@@H](C)CN.Cl. The van der Waals surface area contributed by atoms with Gasteiger partial charge in [0.1, 0.15) is 6.04 Å². The third kappa shape index (κ3) is 4.37. The highest BCUT2D eigenvalue weighted by atomic mass is 35.5. The molecule has 1 saturated heterocycles. The maximum absolute atomic E-state index is 11.9. The van der Waals surface area contributed by atoms with Crippen molar-refractivity contribution in [3.8, 4) is 0 Å². The summed E-state index contributed by atoms with van der Waals surface area (Å²) >= 11 is 1.61. The lowest BCUT2D eigenvalue weighted by Crippen LogP contribution is -2.50. The van der Waals surface area contributed by atoms with Crippen molar-refractivity contribution >= 4 is 36.0 Å². The Kier molecular flexibility index (Phi) is 7.58. The zero-order chi connectivity index (χ0) is 12.1. The molecule has 1 rings (SSSR count). The van der Waals surface area contributed by atoms with Crippen LogP contribution in [-0.4, -0.2) is 47.0 Å². The molecule has 5 nitrogen and oxygen atoms in total. The summed E-state index contributed by atoms with van der Waals surface area (Å²) in [6.07, 6.45) is 0.441. The van der Waals surface area contributed by atoms with E-state index in [9.17, 15) is 9.59 Å². The molecule has 0 aromatic rings. The summed E-state index contributed by atoms with van der Waals surface area (Å²) in [5, 5.41) is 2.81. The first-order valence-electron chi connectivity index (χ1n) is 5.47. The van der Waals surface area contributed by atoms with Crippen LogP contribution < -0.4 is 11.1 Å². The Balaban J connectivity index is 0.00000256. The van der Waals surface area contributed by atoms with Crippen LogP contribution in [0.3, 0.4) is 0 Å². The third-order valence-electron chi connectivity index (χ3n) is 2.55. The number of rotatable bonds is 4. The van der Waals surface area contributed by atoms with E-state index < -0.39 is 0 Å². The Bertz CT molecular complexity index is 278. The third-order valence-corrected chi connectivity index (χ3v) is 3.56. The Morgan fingerprint density at radius 2 is 2.24 bits per heavy atom. The number of amides is 2. The van der Waals surface area contributed by atoms with Crippen molar-refractivity contribution in [1.82, 2.24) is 10.2 Å². The minimum Gasteiger partial charge on any atom is -0.351 e. The van der Waals surface area contributed by atoms with Crippen molar-refractivity contribution in [3.05, 3.63) is 0 Å². The van der Waals surface area contributed by atoms with E-state index in [-0.39, 0.29) is 36.3 Å². The molecule has 1 aliphatic heterocycles. The molecule has 0 aliphatic carbocycles. The summed E-state index contributed by atoms with van der Waals surface area (Å²) in [7, 11) is 0. The smallest absolute Gasteiger partial charge is 0.243 e. The van der Waals surface area contributed by atoms with E-state index in [1.165, 1.54) is 0 Å². The fourth-order valence-electron chi connectivity index (χ4n) is 1.51. The molecule has 0 aromatic carbocycles. The molecule has 7 heteroatoms. The number of nitrogens with two attached hydrogens (primary N) is 1. The van der Waals surface area contributed by atoms with E-state index in [1.54, 1.807) is 16.7 Å². The molecule has 3 N–H and O–H groups in total. The molecule has 2 amide bonds. The summed E-state index contributed by atoms with van der Waals surface area (Å²) in [6.45, 7) is 4.07. The number of thioether (sulfide) groups is 1. The van der Waals surface area contributed by atoms with Crippen LogP contribution >= 0.6 is 24.2 Å². The van der Waals surface area contributed by atoms with E-state index in [1.807, 2.05) is 13.8 Å². The van der Waals surface area contributed by atoms with Crippen molar-refractivity contribution < 1.29 is 9.59 Å². The number of carbonyl (C=O) groups excluding carboxylic acids is 2. The molecule has 0 radical (unpaired) electrons. The van der Waals surface area contributed by atoms with Crippen LogP contribution in [-0.2, 0) is 9.59 Å². The summed E-state index contributed by atoms with van der Waals surface area (Å²) in [6, 6.07) is -0.372. The van der Waals surface area contributed by atoms with Gasteiger partial charge in [-0.05, 0) is 6.92 Å². The quantitative estimate of drug-likeness (QED) is 0.771.